The third kappa shape index (κ3) is 2.68. The second-order valence-corrected chi connectivity index (χ2v) is 5.54. The molecular formula is C13H17N3OS. The van der Waals surface area contributed by atoms with Crippen LogP contribution in [-0.2, 0) is 11.3 Å². The molecule has 0 aliphatic heterocycles. The minimum atomic E-state index is 0.492. The Morgan fingerprint density at radius 1 is 1.28 bits per heavy atom. The summed E-state index contributed by atoms with van der Waals surface area (Å²) in [4.78, 5) is 11.6. The monoisotopic (exact) mass is 263 g/mol. The number of rotatable bonds is 4. The van der Waals surface area contributed by atoms with Gasteiger partial charge in [0.2, 0.25) is 0 Å². The predicted molar refractivity (Wildman–Crippen MR) is 75.1 cm³/mol. The van der Waals surface area contributed by atoms with E-state index >= 15 is 0 Å². The van der Waals surface area contributed by atoms with Gasteiger partial charge in [-0.05, 0) is 19.9 Å². The summed E-state index contributed by atoms with van der Waals surface area (Å²) in [6, 6.07) is 4.03. The van der Waals surface area contributed by atoms with Crippen molar-refractivity contribution in [3.8, 4) is 11.4 Å². The first kappa shape index (κ1) is 13.0. The molecule has 5 heteroatoms. The average molecular weight is 263 g/mol. The van der Waals surface area contributed by atoms with Gasteiger partial charge in [-0.25, -0.2) is 9.97 Å². The zero-order valence-corrected chi connectivity index (χ0v) is 11.9. The molecule has 0 saturated heterocycles. The van der Waals surface area contributed by atoms with Crippen molar-refractivity contribution in [1.82, 2.24) is 9.97 Å². The van der Waals surface area contributed by atoms with Crippen molar-refractivity contribution >= 4 is 17.2 Å². The summed E-state index contributed by atoms with van der Waals surface area (Å²) in [5.74, 6) is 1.58. The van der Waals surface area contributed by atoms with E-state index in [4.69, 9.17) is 4.74 Å². The molecular weight excluding hydrogens is 246 g/mol. The highest BCUT2D eigenvalue weighted by atomic mass is 32.1. The Bertz CT molecular complexity index is 551. The zero-order valence-electron chi connectivity index (χ0n) is 11.1. The Labute approximate surface area is 111 Å². The molecule has 0 fully saturated rings. The van der Waals surface area contributed by atoms with E-state index in [1.54, 1.807) is 18.4 Å². The maximum atomic E-state index is 5.14. The van der Waals surface area contributed by atoms with E-state index in [2.05, 4.69) is 35.2 Å². The van der Waals surface area contributed by atoms with Gasteiger partial charge in [-0.15, -0.1) is 11.3 Å². The third-order valence-electron chi connectivity index (χ3n) is 2.61. The van der Waals surface area contributed by atoms with Gasteiger partial charge in [0.05, 0.1) is 12.3 Å². The first-order valence-electron chi connectivity index (χ1n) is 5.76. The number of hydrogen-bond donors (Lipinski definition) is 1. The highest BCUT2D eigenvalue weighted by Gasteiger charge is 2.11. The molecule has 2 aromatic heterocycles. The summed E-state index contributed by atoms with van der Waals surface area (Å²) >= 11 is 1.77. The van der Waals surface area contributed by atoms with Crippen LogP contribution in [0.5, 0.6) is 0 Å². The second kappa shape index (κ2) is 5.46. The fraction of sp³-hybridized carbons (Fsp3) is 0.385. The first-order chi connectivity index (χ1) is 8.63. The van der Waals surface area contributed by atoms with Gasteiger partial charge in [-0.3, -0.25) is 0 Å². The Kier molecular flexibility index (Phi) is 3.93. The summed E-state index contributed by atoms with van der Waals surface area (Å²) in [7, 11) is 3.52. The fourth-order valence-corrected chi connectivity index (χ4v) is 2.74. The molecule has 2 rings (SSSR count). The van der Waals surface area contributed by atoms with Crippen LogP contribution in [0, 0.1) is 13.8 Å². The molecule has 0 unspecified atom stereocenters. The number of ether oxygens (including phenoxy) is 1. The summed E-state index contributed by atoms with van der Waals surface area (Å²) in [5, 5.41) is 3.06. The number of aryl methyl sites for hydroxylation is 2. The molecule has 0 radical (unpaired) electrons. The van der Waals surface area contributed by atoms with Gasteiger partial charge < -0.3 is 10.1 Å². The van der Waals surface area contributed by atoms with E-state index in [1.165, 1.54) is 9.75 Å². The lowest BCUT2D eigenvalue weighted by Crippen LogP contribution is -2.01. The summed E-state index contributed by atoms with van der Waals surface area (Å²) in [6.45, 7) is 4.68. The quantitative estimate of drug-likeness (QED) is 0.921. The number of methoxy groups -OCH3 is 1. The lowest BCUT2D eigenvalue weighted by molar-refractivity contribution is 0.181. The average Bonchev–Trinajstić information content (AvgIpc) is 2.68. The molecule has 2 heterocycles. The first-order valence-corrected chi connectivity index (χ1v) is 6.57. The van der Waals surface area contributed by atoms with E-state index in [0.717, 1.165) is 22.9 Å². The van der Waals surface area contributed by atoms with E-state index in [1.807, 2.05) is 13.1 Å². The molecule has 0 saturated carbocycles. The molecule has 2 aromatic rings. The lowest BCUT2D eigenvalue weighted by Gasteiger charge is -2.07. The van der Waals surface area contributed by atoms with Gasteiger partial charge in [0.15, 0.2) is 5.82 Å². The Hall–Kier alpha value is -1.46. The standard InChI is InChI=1S/C13H17N3OS/c1-8-5-11(9(2)18-8)13-15-10(7-17-4)6-12(14-3)16-13/h5-6H,7H2,1-4H3,(H,14,15,16). The van der Waals surface area contributed by atoms with Gasteiger partial charge in [-0.2, -0.15) is 0 Å². The van der Waals surface area contributed by atoms with Crippen LogP contribution in [0.4, 0.5) is 5.82 Å². The van der Waals surface area contributed by atoms with E-state index < -0.39 is 0 Å². The van der Waals surface area contributed by atoms with Crippen molar-refractivity contribution in [2.45, 2.75) is 20.5 Å². The molecule has 0 aliphatic rings. The van der Waals surface area contributed by atoms with Crippen LogP contribution in [0.1, 0.15) is 15.4 Å². The summed E-state index contributed by atoms with van der Waals surface area (Å²) < 4.78 is 5.14. The molecule has 0 aromatic carbocycles. The minimum Gasteiger partial charge on any atom is -0.378 e. The van der Waals surface area contributed by atoms with E-state index in [0.29, 0.717) is 6.61 Å². The number of anilines is 1. The van der Waals surface area contributed by atoms with Crippen molar-refractivity contribution in [3.05, 3.63) is 27.6 Å². The predicted octanol–water partition coefficient (Wildman–Crippen LogP) is 3.01. The lowest BCUT2D eigenvalue weighted by atomic mass is 10.2. The van der Waals surface area contributed by atoms with Crippen LogP contribution in [0.15, 0.2) is 12.1 Å². The number of nitrogens with zero attached hydrogens (tertiary/aromatic N) is 2. The molecule has 4 nitrogen and oxygen atoms in total. The minimum absolute atomic E-state index is 0.492. The fourth-order valence-electron chi connectivity index (χ4n) is 1.82. The van der Waals surface area contributed by atoms with Gasteiger partial charge in [0, 0.05) is 35.5 Å². The van der Waals surface area contributed by atoms with Crippen molar-refractivity contribution in [3.63, 3.8) is 0 Å². The van der Waals surface area contributed by atoms with Crippen LogP contribution in [-0.4, -0.2) is 24.1 Å². The zero-order chi connectivity index (χ0) is 13.1. The van der Waals surface area contributed by atoms with Crippen LogP contribution in [0.2, 0.25) is 0 Å². The van der Waals surface area contributed by atoms with Crippen LogP contribution >= 0.6 is 11.3 Å². The molecule has 96 valence electrons. The molecule has 0 atom stereocenters. The third-order valence-corrected chi connectivity index (χ3v) is 3.58. The van der Waals surface area contributed by atoms with Crippen LogP contribution in [0.25, 0.3) is 11.4 Å². The number of nitrogens with one attached hydrogen (secondary N) is 1. The smallest absolute Gasteiger partial charge is 0.162 e. The van der Waals surface area contributed by atoms with Crippen molar-refractivity contribution in [2.75, 3.05) is 19.5 Å². The topological polar surface area (TPSA) is 47.0 Å². The maximum absolute atomic E-state index is 5.14. The SMILES string of the molecule is CNc1cc(COC)nc(-c2cc(C)sc2C)n1. The molecule has 0 spiro atoms. The Morgan fingerprint density at radius 3 is 2.61 bits per heavy atom. The van der Waals surface area contributed by atoms with E-state index in [-0.39, 0.29) is 0 Å². The number of hydrogen-bond acceptors (Lipinski definition) is 5. The van der Waals surface area contributed by atoms with E-state index in [9.17, 15) is 0 Å². The highest BCUT2D eigenvalue weighted by Crippen LogP contribution is 2.29. The molecule has 0 aliphatic carbocycles. The molecule has 0 amide bonds. The summed E-state index contributed by atoms with van der Waals surface area (Å²) in [5.41, 5.74) is 1.99. The Morgan fingerprint density at radius 2 is 2.06 bits per heavy atom. The normalized spacial score (nSPS) is 10.7. The van der Waals surface area contributed by atoms with Crippen molar-refractivity contribution < 1.29 is 4.74 Å². The highest BCUT2D eigenvalue weighted by molar-refractivity contribution is 7.12. The van der Waals surface area contributed by atoms with Crippen LogP contribution < -0.4 is 5.32 Å². The van der Waals surface area contributed by atoms with Gasteiger partial charge in [0.25, 0.3) is 0 Å². The maximum Gasteiger partial charge on any atom is 0.162 e. The van der Waals surface area contributed by atoms with Gasteiger partial charge in [0.1, 0.15) is 5.82 Å². The number of thiophene rings is 1. The van der Waals surface area contributed by atoms with Crippen molar-refractivity contribution in [2.24, 2.45) is 0 Å². The largest absolute Gasteiger partial charge is 0.378 e. The van der Waals surface area contributed by atoms with Crippen LogP contribution in [0.3, 0.4) is 0 Å². The van der Waals surface area contributed by atoms with Crippen molar-refractivity contribution in [1.29, 1.82) is 0 Å². The van der Waals surface area contributed by atoms with Gasteiger partial charge in [-0.1, -0.05) is 0 Å². The Balaban J connectivity index is 2.49. The molecule has 1 N–H and O–H groups in total. The second-order valence-electron chi connectivity index (χ2n) is 4.08. The summed E-state index contributed by atoms with van der Waals surface area (Å²) in [6.07, 6.45) is 0. The van der Waals surface area contributed by atoms with Gasteiger partial charge >= 0.3 is 0 Å². The number of aromatic nitrogens is 2. The molecule has 0 bridgehead atoms. The molecule has 18 heavy (non-hydrogen) atoms.